The molecule has 236 valence electrons. The fourth-order valence-corrected chi connectivity index (χ4v) is 13.9. The van der Waals surface area contributed by atoms with E-state index in [1.807, 2.05) is 0 Å². The Morgan fingerprint density at radius 3 is 2.48 bits per heavy atom. The number of methoxy groups -OCH3 is 1. The van der Waals surface area contributed by atoms with Crippen molar-refractivity contribution in [3.8, 4) is 0 Å². The summed E-state index contributed by atoms with van der Waals surface area (Å²) in [5.41, 5.74) is -0.167. The van der Waals surface area contributed by atoms with Crippen LogP contribution >= 0.6 is 0 Å². The minimum Gasteiger partial charge on any atom is -0.446 e. The van der Waals surface area contributed by atoms with E-state index in [1.165, 1.54) is 19.3 Å². The van der Waals surface area contributed by atoms with E-state index < -0.39 is 17.8 Å². The molecule has 6 aliphatic carbocycles. The van der Waals surface area contributed by atoms with E-state index in [1.54, 1.807) is 21.0 Å². The van der Waals surface area contributed by atoms with Gasteiger partial charge in [0.05, 0.1) is 30.0 Å². The average molecular weight is 587 g/mol. The van der Waals surface area contributed by atoms with Gasteiger partial charge in [-0.1, -0.05) is 20.8 Å². The lowest BCUT2D eigenvalue weighted by Gasteiger charge is -2.58. The van der Waals surface area contributed by atoms with Gasteiger partial charge in [0.2, 0.25) is 0 Å². The van der Waals surface area contributed by atoms with E-state index in [0.29, 0.717) is 34.5 Å². The monoisotopic (exact) mass is 586 g/mol. The van der Waals surface area contributed by atoms with Gasteiger partial charge in [-0.05, 0) is 112 Å². The third kappa shape index (κ3) is 3.20. The van der Waals surface area contributed by atoms with Crippen LogP contribution in [0.3, 0.4) is 0 Å². The first-order valence-corrected chi connectivity index (χ1v) is 17.1. The Bertz CT molecular complexity index is 1150. The smallest absolute Gasteiger partial charge is 0.407 e. The van der Waals surface area contributed by atoms with Gasteiger partial charge in [-0.25, -0.2) is 4.79 Å². The van der Waals surface area contributed by atoms with Crippen molar-refractivity contribution in [1.82, 2.24) is 10.6 Å². The molecule has 13 atom stereocenters. The van der Waals surface area contributed by atoms with Gasteiger partial charge >= 0.3 is 6.09 Å². The zero-order valence-corrected chi connectivity index (χ0v) is 26.6. The number of fused-ring (bicyclic) bond motifs is 1. The number of carbonyl (C=O) groups is 1. The molecule has 6 saturated carbocycles. The summed E-state index contributed by atoms with van der Waals surface area (Å²) in [7, 11) is 1.66. The Hall–Kier alpha value is -0.930. The predicted octanol–water partition coefficient (Wildman–Crippen LogP) is 4.02. The minimum atomic E-state index is -1.000. The highest BCUT2D eigenvalue weighted by Crippen LogP contribution is 2.94. The Balaban J connectivity index is 1.04. The zero-order valence-electron chi connectivity index (χ0n) is 26.6. The molecular weight excluding hydrogens is 532 g/mol. The molecule has 4 spiro atoms. The molecule has 2 saturated heterocycles. The van der Waals surface area contributed by atoms with Gasteiger partial charge in [0.15, 0.2) is 0 Å². The summed E-state index contributed by atoms with van der Waals surface area (Å²) in [6.45, 7) is 12.4. The van der Waals surface area contributed by atoms with E-state index >= 15 is 0 Å². The SMILES string of the molecule is COC(C1CCC23C(O1)C(O)C1C4CCC5C(C)(C)C(OC(=O)NC6CNC6)CCC56CC46CCC12C3C)C(C)(C)O. The molecule has 13 unspecified atom stereocenters. The molecule has 8 rings (SSSR count). The first-order chi connectivity index (χ1) is 19.8. The number of hydrogen-bond donors (Lipinski definition) is 4. The zero-order chi connectivity index (χ0) is 29.7. The van der Waals surface area contributed by atoms with Gasteiger partial charge in [0.1, 0.15) is 12.2 Å². The number of nitrogens with one attached hydrogen (secondary N) is 2. The van der Waals surface area contributed by atoms with Crippen molar-refractivity contribution in [3.05, 3.63) is 0 Å². The van der Waals surface area contributed by atoms with E-state index in [-0.39, 0.29) is 46.7 Å². The lowest BCUT2D eigenvalue weighted by atomic mass is 9.47. The third-order valence-corrected chi connectivity index (χ3v) is 15.6. The highest BCUT2D eigenvalue weighted by atomic mass is 16.6. The molecule has 42 heavy (non-hydrogen) atoms. The van der Waals surface area contributed by atoms with Crippen molar-refractivity contribution < 1.29 is 29.2 Å². The standard InChI is InChI=1S/C34H54N2O6/c1-18-33-14-13-31-17-32(31)11-10-23(42-28(38)36-19-15-35-16-19)29(2,3)22(32)8-7-20(31)24(33)25(37)27-34(18,33)12-9-21(41-27)26(40-6)30(4,5)39/h18-27,35,37,39H,7-17H2,1-6H3,(H,36,38). The Kier molecular flexibility index (Phi) is 5.88. The van der Waals surface area contributed by atoms with Crippen LogP contribution in [0, 0.1) is 50.7 Å². The molecule has 2 heterocycles. The minimum absolute atomic E-state index is 0.0493. The topological polar surface area (TPSA) is 109 Å². The maximum Gasteiger partial charge on any atom is 0.407 e. The molecule has 4 N–H and O–H groups in total. The molecule has 0 aromatic carbocycles. The molecule has 8 aliphatic rings. The van der Waals surface area contributed by atoms with E-state index in [0.717, 1.165) is 51.6 Å². The molecule has 2 aliphatic heterocycles. The maximum absolute atomic E-state index is 12.8. The first-order valence-electron chi connectivity index (χ1n) is 17.1. The Labute approximate surface area is 251 Å². The van der Waals surface area contributed by atoms with Gasteiger partial charge < -0.3 is 35.1 Å². The number of amides is 1. The van der Waals surface area contributed by atoms with Gasteiger partial charge in [-0.3, -0.25) is 0 Å². The first kappa shape index (κ1) is 28.5. The van der Waals surface area contributed by atoms with E-state index in [9.17, 15) is 15.0 Å². The summed E-state index contributed by atoms with van der Waals surface area (Å²) in [6, 6.07) is 0.191. The highest BCUT2D eigenvalue weighted by molar-refractivity contribution is 5.68. The molecule has 0 aromatic heterocycles. The van der Waals surface area contributed by atoms with Gasteiger partial charge in [-0.2, -0.15) is 0 Å². The number of rotatable bonds is 5. The summed E-state index contributed by atoms with van der Waals surface area (Å²) in [5.74, 6) is 1.96. The second-order valence-electron chi connectivity index (χ2n) is 17.2. The van der Waals surface area contributed by atoms with Crippen LogP contribution in [0.25, 0.3) is 0 Å². The van der Waals surface area contributed by atoms with E-state index in [2.05, 4.69) is 31.4 Å². The van der Waals surface area contributed by atoms with Gasteiger partial charge in [-0.15, -0.1) is 0 Å². The van der Waals surface area contributed by atoms with Crippen molar-refractivity contribution in [2.45, 2.75) is 135 Å². The van der Waals surface area contributed by atoms with Crippen LogP contribution in [-0.2, 0) is 14.2 Å². The molecule has 8 heteroatoms. The summed E-state index contributed by atoms with van der Waals surface area (Å²) in [6.07, 6.45) is 8.60. The molecule has 0 radical (unpaired) electrons. The van der Waals surface area contributed by atoms with Crippen molar-refractivity contribution in [3.63, 3.8) is 0 Å². The predicted molar refractivity (Wildman–Crippen MR) is 157 cm³/mol. The fourth-order valence-electron chi connectivity index (χ4n) is 13.9. The maximum atomic E-state index is 12.8. The number of aliphatic hydroxyl groups excluding tert-OH is 1. The van der Waals surface area contributed by atoms with Crippen LogP contribution in [0.4, 0.5) is 4.79 Å². The van der Waals surface area contributed by atoms with Crippen LogP contribution in [0.2, 0.25) is 0 Å². The van der Waals surface area contributed by atoms with Gasteiger partial charge in [0.25, 0.3) is 0 Å². The lowest BCUT2D eigenvalue weighted by molar-refractivity contribution is -0.209. The fraction of sp³-hybridized carbons (Fsp3) is 0.971. The van der Waals surface area contributed by atoms with E-state index in [4.69, 9.17) is 14.2 Å². The number of hydrogen-bond acceptors (Lipinski definition) is 7. The van der Waals surface area contributed by atoms with Crippen LogP contribution < -0.4 is 10.6 Å². The van der Waals surface area contributed by atoms with Crippen molar-refractivity contribution in [2.75, 3.05) is 20.2 Å². The van der Waals surface area contributed by atoms with Crippen LogP contribution in [0.15, 0.2) is 0 Å². The highest BCUT2D eigenvalue weighted by Gasteiger charge is 2.92. The largest absolute Gasteiger partial charge is 0.446 e. The Morgan fingerprint density at radius 2 is 1.81 bits per heavy atom. The van der Waals surface area contributed by atoms with Crippen molar-refractivity contribution >= 4 is 6.09 Å². The quantitative estimate of drug-likeness (QED) is 0.385. The second-order valence-corrected chi connectivity index (χ2v) is 17.2. The van der Waals surface area contributed by atoms with Crippen LogP contribution in [0.1, 0.15) is 92.4 Å². The normalized spacial score (nSPS) is 54.0. The summed E-state index contributed by atoms with van der Waals surface area (Å²) >= 11 is 0. The summed E-state index contributed by atoms with van der Waals surface area (Å²) in [5, 5.41) is 29.3. The lowest BCUT2D eigenvalue weighted by Crippen LogP contribution is -2.59. The number of alkyl carbamates (subject to hydrolysis) is 1. The molecule has 0 aromatic rings. The molecule has 0 bridgehead atoms. The summed E-state index contributed by atoms with van der Waals surface area (Å²) in [4.78, 5) is 12.8. The van der Waals surface area contributed by atoms with Crippen LogP contribution in [-0.4, -0.2) is 78.7 Å². The Morgan fingerprint density at radius 1 is 1.05 bits per heavy atom. The number of carbonyl (C=O) groups excluding carboxylic acids is 1. The van der Waals surface area contributed by atoms with Gasteiger partial charge in [0, 0.05) is 31.0 Å². The van der Waals surface area contributed by atoms with Crippen molar-refractivity contribution in [2.24, 2.45) is 50.7 Å². The number of ether oxygens (including phenoxy) is 3. The molecular formula is C34H54N2O6. The van der Waals surface area contributed by atoms with Crippen LogP contribution in [0.5, 0.6) is 0 Å². The number of aliphatic hydroxyl groups is 2. The third-order valence-electron chi connectivity index (χ3n) is 15.6. The average Bonchev–Trinajstić information content (AvgIpc) is 3.67. The summed E-state index contributed by atoms with van der Waals surface area (Å²) < 4.78 is 18.8. The van der Waals surface area contributed by atoms with Crippen molar-refractivity contribution in [1.29, 1.82) is 0 Å². The molecule has 1 amide bonds. The molecule has 8 nitrogen and oxygen atoms in total. The second kappa shape index (κ2) is 8.65. The molecule has 8 fully saturated rings.